The minimum Gasteiger partial charge on any atom is -0.472 e. The van der Waals surface area contributed by atoms with Gasteiger partial charge in [0.05, 0.1) is 0 Å². The summed E-state index contributed by atoms with van der Waals surface area (Å²) in [4.78, 5) is 18.1. The first-order valence-electron chi connectivity index (χ1n) is 6.39. The molecule has 0 spiro atoms. The molecule has 1 unspecified atom stereocenters. The van der Waals surface area contributed by atoms with E-state index in [1.54, 1.807) is 19.3 Å². The molecule has 3 rings (SSSR count). The van der Waals surface area contributed by atoms with Gasteiger partial charge in [0.2, 0.25) is 6.10 Å². The van der Waals surface area contributed by atoms with Crippen LogP contribution in [-0.4, -0.2) is 17.9 Å². The number of benzene rings is 1. The van der Waals surface area contributed by atoms with Crippen molar-refractivity contribution in [3.05, 3.63) is 53.7 Å². The SMILES string of the molecule is CN1C(=O)C(c2ccc(CN)cc2)Oc2cccnc21. The average Bonchev–Trinajstić information content (AvgIpc) is 2.51. The molecule has 1 aliphatic heterocycles. The number of likely N-dealkylation sites (N-methyl/N-ethyl adjacent to an activating group) is 1. The second kappa shape index (κ2) is 4.94. The first-order valence-corrected chi connectivity index (χ1v) is 6.39. The lowest BCUT2D eigenvalue weighted by Gasteiger charge is -2.31. The summed E-state index contributed by atoms with van der Waals surface area (Å²) in [5.41, 5.74) is 7.41. The molecule has 1 aliphatic rings. The molecule has 20 heavy (non-hydrogen) atoms. The Balaban J connectivity index is 1.97. The Kier molecular flexibility index (Phi) is 3.12. The number of pyridine rings is 1. The van der Waals surface area contributed by atoms with Crippen LogP contribution in [-0.2, 0) is 11.3 Å². The molecule has 0 radical (unpaired) electrons. The topological polar surface area (TPSA) is 68.5 Å². The molecule has 5 heteroatoms. The molecule has 1 atom stereocenters. The Hall–Kier alpha value is -2.40. The van der Waals surface area contributed by atoms with Crippen molar-refractivity contribution in [2.45, 2.75) is 12.6 Å². The van der Waals surface area contributed by atoms with Crippen LogP contribution in [0.1, 0.15) is 17.2 Å². The zero-order valence-corrected chi connectivity index (χ0v) is 11.1. The van der Waals surface area contributed by atoms with Crippen LogP contribution in [0.5, 0.6) is 5.75 Å². The monoisotopic (exact) mass is 269 g/mol. The second-order valence-electron chi connectivity index (χ2n) is 4.67. The molecule has 1 aromatic heterocycles. The fraction of sp³-hybridized carbons (Fsp3) is 0.200. The summed E-state index contributed by atoms with van der Waals surface area (Å²) < 4.78 is 5.79. The third-order valence-electron chi connectivity index (χ3n) is 3.39. The van der Waals surface area contributed by atoms with E-state index in [4.69, 9.17) is 10.5 Å². The van der Waals surface area contributed by atoms with E-state index in [2.05, 4.69) is 4.98 Å². The van der Waals surface area contributed by atoms with Gasteiger partial charge < -0.3 is 10.5 Å². The highest BCUT2D eigenvalue weighted by Gasteiger charge is 2.34. The van der Waals surface area contributed by atoms with Gasteiger partial charge in [-0.3, -0.25) is 9.69 Å². The number of ether oxygens (including phenoxy) is 1. The Morgan fingerprint density at radius 3 is 2.75 bits per heavy atom. The molecule has 2 heterocycles. The summed E-state index contributed by atoms with van der Waals surface area (Å²) in [5, 5.41) is 0. The van der Waals surface area contributed by atoms with E-state index in [-0.39, 0.29) is 5.91 Å². The summed E-state index contributed by atoms with van der Waals surface area (Å²) >= 11 is 0. The molecule has 102 valence electrons. The highest BCUT2D eigenvalue weighted by atomic mass is 16.5. The van der Waals surface area contributed by atoms with Crippen LogP contribution >= 0.6 is 0 Å². The van der Waals surface area contributed by atoms with Crippen molar-refractivity contribution in [1.82, 2.24) is 4.98 Å². The van der Waals surface area contributed by atoms with E-state index >= 15 is 0 Å². The molecule has 1 amide bonds. The highest BCUT2D eigenvalue weighted by molar-refractivity contribution is 5.99. The maximum absolute atomic E-state index is 12.4. The maximum Gasteiger partial charge on any atom is 0.273 e. The van der Waals surface area contributed by atoms with Crippen LogP contribution in [0.15, 0.2) is 42.6 Å². The van der Waals surface area contributed by atoms with Crippen LogP contribution in [0.3, 0.4) is 0 Å². The van der Waals surface area contributed by atoms with E-state index in [1.165, 1.54) is 4.90 Å². The van der Waals surface area contributed by atoms with Gasteiger partial charge in [-0.05, 0) is 17.7 Å². The number of aromatic nitrogens is 1. The van der Waals surface area contributed by atoms with Gasteiger partial charge in [0.25, 0.3) is 5.91 Å². The minimum absolute atomic E-state index is 0.128. The van der Waals surface area contributed by atoms with Crippen LogP contribution in [0.4, 0.5) is 5.82 Å². The van der Waals surface area contributed by atoms with Crippen molar-refractivity contribution in [3.8, 4) is 5.75 Å². The van der Waals surface area contributed by atoms with E-state index in [0.717, 1.165) is 11.1 Å². The lowest BCUT2D eigenvalue weighted by atomic mass is 10.0. The van der Waals surface area contributed by atoms with E-state index in [0.29, 0.717) is 18.1 Å². The quantitative estimate of drug-likeness (QED) is 0.899. The van der Waals surface area contributed by atoms with Gasteiger partial charge in [0.15, 0.2) is 11.6 Å². The van der Waals surface area contributed by atoms with Gasteiger partial charge in [-0.25, -0.2) is 4.98 Å². The predicted octanol–water partition coefficient (Wildman–Crippen LogP) is 1.64. The van der Waals surface area contributed by atoms with Crippen LogP contribution in [0.25, 0.3) is 0 Å². The van der Waals surface area contributed by atoms with E-state index in [9.17, 15) is 4.79 Å². The predicted molar refractivity (Wildman–Crippen MR) is 75.3 cm³/mol. The van der Waals surface area contributed by atoms with E-state index in [1.807, 2.05) is 30.3 Å². The van der Waals surface area contributed by atoms with Crippen LogP contribution in [0.2, 0.25) is 0 Å². The number of carbonyl (C=O) groups is 1. The Bertz CT molecular complexity index is 640. The first-order chi connectivity index (χ1) is 9.70. The molecular formula is C15H15N3O2. The van der Waals surface area contributed by atoms with E-state index < -0.39 is 6.10 Å². The highest BCUT2D eigenvalue weighted by Crippen LogP contribution is 2.36. The summed E-state index contributed by atoms with van der Waals surface area (Å²) in [6.07, 6.45) is 1.01. The molecular weight excluding hydrogens is 254 g/mol. The molecule has 0 fully saturated rings. The fourth-order valence-corrected chi connectivity index (χ4v) is 2.22. The summed E-state index contributed by atoms with van der Waals surface area (Å²) in [7, 11) is 1.71. The van der Waals surface area contributed by atoms with Crippen molar-refractivity contribution in [2.24, 2.45) is 5.73 Å². The van der Waals surface area contributed by atoms with Gasteiger partial charge in [-0.1, -0.05) is 24.3 Å². The number of rotatable bonds is 2. The zero-order valence-electron chi connectivity index (χ0n) is 11.1. The van der Waals surface area contributed by atoms with Crippen LogP contribution in [0, 0.1) is 0 Å². The Morgan fingerprint density at radius 1 is 1.30 bits per heavy atom. The number of carbonyl (C=O) groups excluding carboxylic acids is 1. The standard InChI is InChI=1S/C15H15N3O2/c1-18-14-12(3-2-8-17-14)20-13(15(18)19)11-6-4-10(9-16)5-7-11/h2-8,13H,9,16H2,1H3. The fourth-order valence-electron chi connectivity index (χ4n) is 2.22. The molecule has 2 N–H and O–H groups in total. The summed E-state index contributed by atoms with van der Waals surface area (Å²) in [6.45, 7) is 0.479. The van der Waals surface area contributed by atoms with Crippen molar-refractivity contribution in [1.29, 1.82) is 0 Å². The molecule has 2 aromatic rings. The average molecular weight is 269 g/mol. The number of anilines is 1. The third-order valence-corrected chi connectivity index (χ3v) is 3.39. The minimum atomic E-state index is -0.636. The number of fused-ring (bicyclic) bond motifs is 1. The second-order valence-corrected chi connectivity index (χ2v) is 4.67. The largest absolute Gasteiger partial charge is 0.472 e. The molecule has 0 saturated carbocycles. The van der Waals surface area contributed by atoms with Gasteiger partial charge in [-0.15, -0.1) is 0 Å². The maximum atomic E-state index is 12.4. The number of amides is 1. The van der Waals surface area contributed by atoms with Crippen molar-refractivity contribution in [3.63, 3.8) is 0 Å². The lowest BCUT2D eigenvalue weighted by Crippen LogP contribution is -2.38. The number of nitrogens with zero attached hydrogens (tertiary/aromatic N) is 2. The Morgan fingerprint density at radius 2 is 2.05 bits per heavy atom. The molecule has 0 saturated heterocycles. The first kappa shape index (κ1) is 12.6. The normalized spacial score (nSPS) is 17.6. The van der Waals surface area contributed by atoms with Crippen molar-refractivity contribution in [2.75, 3.05) is 11.9 Å². The number of hydrogen-bond donors (Lipinski definition) is 1. The van der Waals surface area contributed by atoms with Crippen LogP contribution < -0.4 is 15.4 Å². The number of hydrogen-bond acceptors (Lipinski definition) is 4. The van der Waals surface area contributed by atoms with Gasteiger partial charge in [0.1, 0.15) is 0 Å². The third kappa shape index (κ3) is 2.02. The summed E-state index contributed by atoms with van der Waals surface area (Å²) in [5.74, 6) is 1.03. The molecule has 5 nitrogen and oxygen atoms in total. The van der Waals surface area contributed by atoms with Crippen molar-refractivity contribution >= 4 is 11.7 Å². The smallest absolute Gasteiger partial charge is 0.273 e. The zero-order chi connectivity index (χ0) is 14.1. The molecule has 0 aliphatic carbocycles. The van der Waals surface area contributed by atoms with Gasteiger partial charge >= 0.3 is 0 Å². The molecule has 1 aromatic carbocycles. The summed E-state index contributed by atoms with van der Waals surface area (Å²) in [6, 6.07) is 11.2. The molecule has 0 bridgehead atoms. The van der Waals surface area contributed by atoms with Gasteiger partial charge in [-0.2, -0.15) is 0 Å². The van der Waals surface area contributed by atoms with Gasteiger partial charge in [0, 0.05) is 25.4 Å². The Labute approximate surface area is 117 Å². The number of nitrogens with two attached hydrogens (primary N) is 1. The van der Waals surface area contributed by atoms with Crippen molar-refractivity contribution < 1.29 is 9.53 Å². The lowest BCUT2D eigenvalue weighted by molar-refractivity contribution is -0.126.